The van der Waals surface area contributed by atoms with Crippen molar-refractivity contribution in [2.45, 2.75) is 115 Å². The topological polar surface area (TPSA) is 112 Å². The Kier molecular flexibility index (Phi) is 5.79. The van der Waals surface area contributed by atoms with E-state index in [4.69, 9.17) is 18.9 Å². The van der Waals surface area contributed by atoms with Crippen LogP contribution in [-0.2, 0) is 28.5 Å². The van der Waals surface area contributed by atoms with Gasteiger partial charge in [0.2, 0.25) is 0 Å². The van der Waals surface area contributed by atoms with Crippen LogP contribution in [0.15, 0.2) is 11.1 Å². The molecular weight excluding hydrogens is 464 g/mol. The zero-order valence-electron chi connectivity index (χ0n) is 21.8. The Morgan fingerprint density at radius 1 is 1.08 bits per heavy atom. The third kappa shape index (κ3) is 3.05. The van der Waals surface area contributed by atoms with Crippen LogP contribution in [0.5, 0.6) is 0 Å². The van der Waals surface area contributed by atoms with Gasteiger partial charge in [-0.25, -0.2) is 0 Å². The molecule has 5 fully saturated rings. The fourth-order valence-electron chi connectivity index (χ4n) is 9.49. The number of hydrogen-bond donors (Lipinski definition) is 2. The number of carbonyl (C=O) groups excluding carboxylic acids is 2. The number of ether oxygens (including phenoxy) is 4. The molecule has 1 spiro atoms. The van der Waals surface area contributed by atoms with Crippen molar-refractivity contribution in [2.75, 3.05) is 7.11 Å². The molecule has 8 nitrogen and oxygen atoms in total. The summed E-state index contributed by atoms with van der Waals surface area (Å²) >= 11 is 0. The van der Waals surface area contributed by atoms with Crippen molar-refractivity contribution in [3.05, 3.63) is 11.1 Å². The highest BCUT2D eigenvalue weighted by molar-refractivity contribution is 5.85. The highest BCUT2D eigenvalue weighted by atomic mass is 16.7. The molecule has 2 heterocycles. The second-order valence-electron chi connectivity index (χ2n) is 12.5. The molecule has 36 heavy (non-hydrogen) atoms. The molecule has 2 saturated heterocycles. The van der Waals surface area contributed by atoms with E-state index in [0.717, 1.165) is 37.5 Å². The maximum Gasteiger partial charge on any atom is 0.315 e. The van der Waals surface area contributed by atoms with Gasteiger partial charge in [0.25, 0.3) is 0 Å². The highest BCUT2D eigenvalue weighted by Crippen LogP contribution is 2.72. The third-order valence-electron chi connectivity index (χ3n) is 11.3. The molecule has 0 aromatic carbocycles. The van der Waals surface area contributed by atoms with E-state index in [9.17, 15) is 19.8 Å². The maximum absolute atomic E-state index is 13.2. The summed E-state index contributed by atoms with van der Waals surface area (Å²) in [6.07, 6.45) is 4.19. The molecule has 6 aliphatic rings. The first kappa shape index (κ1) is 25.0. The minimum atomic E-state index is -1.24. The summed E-state index contributed by atoms with van der Waals surface area (Å²) < 4.78 is 23.5. The predicted octanol–water partition coefficient (Wildman–Crippen LogP) is 2.68. The van der Waals surface area contributed by atoms with Crippen LogP contribution in [0.25, 0.3) is 0 Å². The van der Waals surface area contributed by atoms with Crippen molar-refractivity contribution in [1.29, 1.82) is 0 Å². The van der Waals surface area contributed by atoms with Crippen molar-refractivity contribution >= 4 is 12.3 Å². The van der Waals surface area contributed by atoms with E-state index in [2.05, 4.69) is 6.92 Å². The fraction of sp³-hybridized carbons (Fsp3) is 0.857. The molecule has 0 aromatic rings. The number of cyclic esters (lactones) is 1. The molecule has 2 N–H and O–H groups in total. The predicted molar refractivity (Wildman–Crippen MR) is 128 cm³/mol. The molecule has 4 aliphatic carbocycles. The van der Waals surface area contributed by atoms with Gasteiger partial charge in [-0.15, -0.1) is 0 Å². The largest absolute Gasteiger partial charge is 0.462 e. The minimum Gasteiger partial charge on any atom is -0.462 e. The number of aliphatic hydroxyl groups excluding tert-OH is 1. The second-order valence-corrected chi connectivity index (χ2v) is 12.5. The number of aliphatic hydroxyl groups is 2. The number of aldehydes is 1. The molecule has 0 unspecified atom stereocenters. The molecule has 2 aliphatic heterocycles. The number of hydrogen-bond acceptors (Lipinski definition) is 8. The maximum atomic E-state index is 13.2. The molecule has 8 heteroatoms. The van der Waals surface area contributed by atoms with Crippen molar-refractivity contribution < 1.29 is 38.7 Å². The van der Waals surface area contributed by atoms with Crippen molar-refractivity contribution in [1.82, 2.24) is 0 Å². The average molecular weight is 505 g/mol. The van der Waals surface area contributed by atoms with Crippen LogP contribution >= 0.6 is 0 Å². The second kappa shape index (κ2) is 8.34. The number of esters is 1. The van der Waals surface area contributed by atoms with Crippen LogP contribution in [0.2, 0.25) is 0 Å². The van der Waals surface area contributed by atoms with Gasteiger partial charge < -0.3 is 29.2 Å². The lowest BCUT2D eigenvalue weighted by Crippen LogP contribution is -2.60. The Balaban J connectivity index is 1.30. The van der Waals surface area contributed by atoms with Gasteiger partial charge in [-0.05, 0) is 75.7 Å². The molecular formula is C28H40O8. The van der Waals surface area contributed by atoms with Crippen molar-refractivity contribution in [3.8, 4) is 0 Å². The number of methoxy groups -OCH3 is 1. The fourth-order valence-corrected chi connectivity index (χ4v) is 9.49. The lowest BCUT2D eigenvalue weighted by atomic mass is 9.51. The molecule has 6 rings (SSSR count). The van der Waals surface area contributed by atoms with Gasteiger partial charge in [0.05, 0.1) is 23.9 Å². The number of rotatable bonds is 4. The summed E-state index contributed by atoms with van der Waals surface area (Å²) in [5.74, 6) is -0.474. The zero-order valence-corrected chi connectivity index (χ0v) is 21.8. The Morgan fingerprint density at radius 3 is 2.56 bits per heavy atom. The van der Waals surface area contributed by atoms with Gasteiger partial charge >= 0.3 is 5.97 Å². The van der Waals surface area contributed by atoms with Gasteiger partial charge in [-0.2, -0.15) is 0 Å². The lowest BCUT2D eigenvalue weighted by Gasteiger charge is -2.53. The Labute approximate surface area is 212 Å². The summed E-state index contributed by atoms with van der Waals surface area (Å²) in [5.41, 5.74) is -0.565. The molecule has 12 atom stereocenters. The molecule has 3 saturated carbocycles. The zero-order chi connectivity index (χ0) is 25.6. The van der Waals surface area contributed by atoms with E-state index >= 15 is 0 Å². The quantitative estimate of drug-likeness (QED) is 0.444. The van der Waals surface area contributed by atoms with E-state index in [1.54, 1.807) is 7.11 Å². The van der Waals surface area contributed by atoms with Crippen LogP contribution < -0.4 is 0 Å². The Hall–Kier alpha value is -1.32. The van der Waals surface area contributed by atoms with E-state index in [-0.39, 0.29) is 47.4 Å². The lowest BCUT2D eigenvalue weighted by molar-refractivity contribution is -0.265. The Morgan fingerprint density at radius 2 is 1.83 bits per heavy atom. The molecule has 0 amide bonds. The first-order valence-corrected chi connectivity index (χ1v) is 13.7. The van der Waals surface area contributed by atoms with E-state index < -0.39 is 29.5 Å². The highest BCUT2D eigenvalue weighted by Gasteiger charge is 2.77. The minimum absolute atomic E-state index is 0.00916. The van der Waals surface area contributed by atoms with Crippen LogP contribution in [0.3, 0.4) is 0 Å². The monoisotopic (exact) mass is 504 g/mol. The normalized spacial score (nSPS) is 53.9. The first-order chi connectivity index (χ1) is 17.1. The summed E-state index contributed by atoms with van der Waals surface area (Å²) in [5, 5.41) is 22.6. The van der Waals surface area contributed by atoms with Gasteiger partial charge in [-0.3, -0.25) is 9.59 Å². The van der Waals surface area contributed by atoms with Gasteiger partial charge in [0.15, 0.2) is 6.29 Å². The first-order valence-electron chi connectivity index (χ1n) is 13.7. The van der Waals surface area contributed by atoms with Gasteiger partial charge in [-0.1, -0.05) is 12.5 Å². The van der Waals surface area contributed by atoms with Crippen LogP contribution in [0.4, 0.5) is 0 Å². The van der Waals surface area contributed by atoms with Crippen molar-refractivity contribution in [3.63, 3.8) is 0 Å². The third-order valence-corrected chi connectivity index (χ3v) is 11.3. The van der Waals surface area contributed by atoms with Gasteiger partial charge in [0.1, 0.15) is 23.9 Å². The Bertz CT molecular complexity index is 979. The van der Waals surface area contributed by atoms with Crippen LogP contribution in [0, 0.1) is 28.6 Å². The molecule has 0 aromatic heterocycles. The number of carbonyl (C=O) groups is 2. The van der Waals surface area contributed by atoms with Crippen molar-refractivity contribution in [2.24, 2.45) is 28.6 Å². The summed E-state index contributed by atoms with van der Waals surface area (Å²) in [6, 6.07) is 0. The van der Waals surface area contributed by atoms with Crippen LogP contribution in [0.1, 0.15) is 72.1 Å². The smallest absolute Gasteiger partial charge is 0.315 e. The molecule has 200 valence electrons. The van der Waals surface area contributed by atoms with Crippen LogP contribution in [-0.4, -0.2) is 72.0 Å². The average Bonchev–Trinajstić information content (AvgIpc) is 3.40. The van der Waals surface area contributed by atoms with E-state index in [1.807, 2.05) is 13.8 Å². The number of fused-ring (bicyclic) bond motifs is 4. The van der Waals surface area contributed by atoms with Gasteiger partial charge in [0, 0.05) is 25.4 Å². The van der Waals surface area contributed by atoms with E-state index in [1.165, 1.54) is 0 Å². The summed E-state index contributed by atoms with van der Waals surface area (Å²) in [6.45, 7) is 6.00. The SMILES string of the molecule is CO[C@H]1C[C@H](O[C@H]2CC[C@@]3(C)C(=C(C=O)[C@@H]4[C@@H]3CC[C@]35C(=O)O[C@H](C)[C@H]3CC[C@]45O)C2)O[C@H](C)[C@H]1O. The summed E-state index contributed by atoms with van der Waals surface area (Å²) in [4.78, 5) is 25.9. The molecule has 0 radical (unpaired) electrons. The molecule has 0 bridgehead atoms. The standard InChI is InChI=1S/C28H40O8/c1-14-18-7-10-28(32)23-17(13-29)20-11-16(36-22-12-21(33-4)24(30)15(2)34-22)5-8-26(20,3)19(23)6-9-27(18,28)25(31)35-14/h13-16,18-19,21-24,30,32H,5-12H2,1-4H3/t14-,15-,16+,18-,19+,21+,22+,23-,24-,26-,27-,28+/m1/s1. The summed E-state index contributed by atoms with van der Waals surface area (Å²) in [7, 11) is 1.59. The van der Waals surface area contributed by atoms with E-state index in [0.29, 0.717) is 31.3 Å².